The Balaban J connectivity index is 2.86. The maximum absolute atomic E-state index is 5.78. The van der Waals surface area contributed by atoms with Gasteiger partial charge < -0.3 is 0 Å². The minimum absolute atomic E-state index is 0.557. The van der Waals surface area contributed by atoms with Crippen molar-refractivity contribution in [1.82, 2.24) is 4.37 Å². The van der Waals surface area contributed by atoms with E-state index in [0.717, 1.165) is 15.1 Å². The molecule has 0 unspecified atom stereocenters. The van der Waals surface area contributed by atoms with Crippen LogP contribution in [0.25, 0.3) is 10.1 Å². The van der Waals surface area contributed by atoms with Gasteiger partial charge in [-0.15, -0.1) is 0 Å². The molecule has 0 bridgehead atoms. The van der Waals surface area contributed by atoms with Crippen molar-refractivity contribution in [1.29, 1.82) is 0 Å². The van der Waals surface area contributed by atoms with Crippen LogP contribution in [0.1, 0.15) is 0 Å². The van der Waals surface area contributed by atoms with E-state index in [1.54, 1.807) is 0 Å². The molecule has 0 spiro atoms. The summed E-state index contributed by atoms with van der Waals surface area (Å²) in [6.07, 6.45) is 0. The molecular weight excluding hydrogens is 201 g/mol. The highest BCUT2D eigenvalue weighted by atomic mass is 35.5. The number of benzene rings is 1. The van der Waals surface area contributed by atoms with Gasteiger partial charge in [0.15, 0.2) is 5.15 Å². The fourth-order valence-corrected chi connectivity index (χ4v) is 2.16. The average molecular weight is 204 g/mol. The summed E-state index contributed by atoms with van der Waals surface area (Å²) in [7, 11) is 0. The smallest absolute Gasteiger partial charge is 0.150 e. The van der Waals surface area contributed by atoms with Crippen LogP contribution in [0.3, 0.4) is 0 Å². The van der Waals surface area contributed by atoms with Gasteiger partial charge in [0.1, 0.15) is 0 Å². The molecule has 56 valence electrons. The molecule has 1 nitrogen and oxygen atoms in total. The van der Waals surface area contributed by atoms with E-state index in [-0.39, 0.29) is 0 Å². The summed E-state index contributed by atoms with van der Waals surface area (Å²) in [4.78, 5) is 0. The number of rotatable bonds is 0. The summed E-state index contributed by atoms with van der Waals surface area (Å²) in [6.45, 7) is 0. The number of halogens is 2. The minimum Gasteiger partial charge on any atom is -0.180 e. The van der Waals surface area contributed by atoms with Crippen LogP contribution in [0.15, 0.2) is 18.2 Å². The van der Waals surface area contributed by atoms with Crippen molar-refractivity contribution in [3.8, 4) is 0 Å². The molecule has 1 aromatic heterocycles. The first-order chi connectivity index (χ1) is 5.27. The molecule has 0 amide bonds. The van der Waals surface area contributed by atoms with Crippen LogP contribution in [-0.4, -0.2) is 4.37 Å². The maximum atomic E-state index is 5.78. The molecule has 0 saturated heterocycles. The third kappa shape index (κ3) is 1.22. The van der Waals surface area contributed by atoms with E-state index >= 15 is 0 Å². The van der Waals surface area contributed by atoms with Crippen LogP contribution < -0.4 is 0 Å². The second-order valence-corrected chi connectivity index (χ2v) is 3.71. The van der Waals surface area contributed by atoms with Crippen molar-refractivity contribution in [2.45, 2.75) is 0 Å². The predicted molar refractivity (Wildman–Crippen MR) is 49.6 cm³/mol. The highest BCUT2D eigenvalue weighted by Gasteiger charge is 2.02. The van der Waals surface area contributed by atoms with Crippen LogP contribution in [0, 0.1) is 0 Å². The van der Waals surface area contributed by atoms with E-state index in [0.29, 0.717) is 5.15 Å². The van der Waals surface area contributed by atoms with Crippen LogP contribution in [-0.2, 0) is 0 Å². The molecule has 2 rings (SSSR count). The lowest BCUT2D eigenvalue weighted by atomic mass is 10.3. The predicted octanol–water partition coefficient (Wildman–Crippen LogP) is 3.60. The quantitative estimate of drug-likeness (QED) is 0.638. The van der Waals surface area contributed by atoms with E-state index < -0.39 is 0 Å². The first kappa shape index (κ1) is 7.35. The molecule has 0 fully saturated rings. The minimum atomic E-state index is 0.557. The van der Waals surface area contributed by atoms with Gasteiger partial charge in [0.25, 0.3) is 0 Å². The Kier molecular flexibility index (Phi) is 1.75. The molecular formula is C7H3Cl2NS. The average Bonchev–Trinajstić information content (AvgIpc) is 2.32. The molecule has 0 aliphatic rings. The Morgan fingerprint density at radius 1 is 1.27 bits per heavy atom. The van der Waals surface area contributed by atoms with Gasteiger partial charge in [-0.25, -0.2) is 0 Å². The van der Waals surface area contributed by atoms with Gasteiger partial charge in [-0.1, -0.05) is 23.2 Å². The highest BCUT2D eigenvalue weighted by Crippen LogP contribution is 2.28. The first-order valence-electron chi connectivity index (χ1n) is 2.98. The summed E-state index contributed by atoms with van der Waals surface area (Å²) >= 11 is 12.9. The molecule has 11 heavy (non-hydrogen) atoms. The van der Waals surface area contributed by atoms with Crippen LogP contribution in [0.5, 0.6) is 0 Å². The lowest BCUT2D eigenvalue weighted by molar-refractivity contribution is 1.60. The lowest BCUT2D eigenvalue weighted by Gasteiger charge is -1.88. The Morgan fingerprint density at radius 2 is 2.09 bits per heavy atom. The zero-order chi connectivity index (χ0) is 7.84. The summed E-state index contributed by atoms with van der Waals surface area (Å²) in [5.74, 6) is 0. The van der Waals surface area contributed by atoms with Crippen LogP contribution in [0.4, 0.5) is 0 Å². The molecule has 1 heterocycles. The topological polar surface area (TPSA) is 12.9 Å². The Bertz CT molecular complexity index is 396. The fourth-order valence-electron chi connectivity index (χ4n) is 0.881. The van der Waals surface area contributed by atoms with Crippen LogP contribution in [0.2, 0.25) is 10.2 Å². The van der Waals surface area contributed by atoms with Crippen molar-refractivity contribution >= 4 is 44.8 Å². The summed E-state index contributed by atoms with van der Waals surface area (Å²) < 4.78 is 5.02. The van der Waals surface area contributed by atoms with Crippen molar-refractivity contribution in [3.05, 3.63) is 28.4 Å². The molecule has 0 atom stereocenters. The normalized spacial score (nSPS) is 10.7. The Morgan fingerprint density at radius 3 is 2.91 bits per heavy atom. The van der Waals surface area contributed by atoms with Gasteiger partial charge in [-0.2, -0.15) is 4.37 Å². The fraction of sp³-hybridized carbons (Fsp3) is 0. The standard InChI is InChI=1S/C7H3Cl2NS/c8-4-1-2-5-6(3-4)11-10-7(5)9/h1-3H. The van der Waals surface area contributed by atoms with E-state index in [1.807, 2.05) is 18.2 Å². The van der Waals surface area contributed by atoms with Gasteiger partial charge >= 0.3 is 0 Å². The van der Waals surface area contributed by atoms with Crippen molar-refractivity contribution in [3.63, 3.8) is 0 Å². The third-order valence-electron chi connectivity index (χ3n) is 1.39. The molecule has 2 aromatic rings. The van der Waals surface area contributed by atoms with E-state index in [4.69, 9.17) is 23.2 Å². The number of hydrogen-bond acceptors (Lipinski definition) is 2. The number of fused-ring (bicyclic) bond motifs is 1. The first-order valence-corrected chi connectivity index (χ1v) is 4.51. The number of aromatic nitrogens is 1. The SMILES string of the molecule is Clc1ccc2c(Cl)nsc2c1. The van der Waals surface area contributed by atoms with Gasteiger partial charge in [-0.3, -0.25) is 0 Å². The molecule has 0 aliphatic carbocycles. The summed E-state index contributed by atoms with van der Waals surface area (Å²) in [5.41, 5.74) is 0. The van der Waals surface area contributed by atoms with Crippen LogP contribution >= 0.6 is 34.7 Å². The molecule has 0 aliphatic heterocycles. The zero-order valence-electron chi connectivity index (χ0n) is 5.34. The van der Waals surface area contributed by atoms with Gasteiger partial charge in [0.2, 0.25) is 0 Å². The molecule has 1 aromatic carbocycles. The third-order valence-corrected chi connectivity index (χ3v) is 2.82. The molecule has 0 saturated carbocycles. The molecule has 0 radical (unpaired) electrons. The Hall–Kier alpha value is -0.310. The largest absolute Gasteiger partial charge is 0.180 e. The van der Waals surface area contributed by atoms with Crippen molar-refractivity contribution in [2.75, 3.05) is 0 Å². The van der Waals surface area contributed by atoms with E-state index in [9.17, 15) is 0 Å². The van der Waals surface area contributed by atoms with E-state index in [1.165, 1.54) is 11.5 Å². The lowest BCUT2D eigenvalue weighted by Crippen LogP contribution is -1.64. The number of nitrogens with zero attached hydrogens (tertiary/aromatic N) is 1. The van der Waals surface area contributed by atoms with Gasteiger partial charge in [0, 0.05) is 10.4 Å². The molecule has 4 heteroatoms. The van der Waals surface area contributed by atoms with Gasteiger partial charge in [0.05, 0.1) is 4.70 Å². The Labute approximate surface area is 77.7 Å². The zero-order valence-corrected chi connectivity index (χ0v) is 7.67. The summed E-state index contributed by atoms with van der Waals surface area (Å²) in [6, 6.07) is 5.55. The van der Waals surface area contributed by atoms with Gasteiger partial charge in [-0.05, 0) is 29.7 Å². The van der Waals surface area contributed by atoms with E-state index in [2.05, 4.69) is 4.37 Å². The highest BCUT2D eigenvalue weighted by molar-refractivity contribution is 7.13. The second kappa shape index (κ2) is 2.63. The second-order valence-electron chi connectivity index (χ2n) is 2.11. The van der Waals surface area contributed by atoms with Crippen molar-refractivity contribution in [2.24, 2.45) is 0 Å². The summed E-state index contributed by atoms with van der Waals surface area (Å²) in [5, 5.41) is 2.25. The monoisotopic (exact) mass is 203 g/mol. The molecule has 0 N–H and O–H groups in total. The van der Waals surface area contributed by atoms with Crippen molar-refractivity contribution < 1.29 is 0 Å². The number of hydrogen-bond donors (Lipinski definition) is 0. The maximum Gasteiger partial charge on any atom is 0.150 e.